The summed E-state index contributed by atoms with van der Waals surface area (Å²) in [6.07, 6.45) is 1.63. The highest BCUT2D eigenvalue weighted by molar-refractivity contribution is 6.32. The number of Topliss-reactive ketones (excluding diaryl/α,β-unsaturated/α-hetero) is 1. The van der Waals surface area contributed by atoms with Crippen molar-refractivity contribution in [2.24, 2.45) is 14.1 Å². The Labute approximate surface area is 109 Å². The average Bonchev–Trinajstić information content (AvgIpc) is 2.75. The number of aromatic nitrogens is 4. The number of ketones is 1. The Bertz CT molecular complexity index is 613. The molecular formula is C11H14ClN5O. The van der Waals surface area contributed by atoms with Gasteiger partial charge in [0.1, 0.15) is 5.82 Å². The Balaban J connectivity index is 2.30. The predicted molar refractivity (Wildman–Crippen MR) is 68.6 cm³/mol. The zero-order valence-electron chi connectivity index (χ0n) is 10.4. The van der Waals surface area contributed by atoms with Gasteiger partial charge in [-0.1, -0.05) is 11.6 Å². The Morgan fingerprint density at radius 3 is 2.56 bits per heavy atom. The second-order valence-corrected chi connectivity index (χ2v) is 4.51. The van der Waals surface area contributed by atoms with E-state index >= 15 is 0 Å². The third-order valence-corrected chi connectivity index (χ3v) is 3.37. The maximum Gasteiger partial charge on any atom is 0.174 e. The molecule has 0 saturated heterocycles. The second-order valence-electron chi connectivity index (χ2n) is 4.14. The van der Waals surface area contributed by atoms with Crippen molar-refractivity contribution in [3.8, 4) is 0 Å². The van der Waals surface area contributed by atoms with Gasteiger partial charge in [-0.15, -0.1) is 0 Å². The molecule has 6 nitrogen and oxygen atoms in total. The van der Waals surface area contributed by atoms with Crippen molar-refractivity contribution in [3.05, 3.63) is 28.2 Å². The average molecular weight is 268 g/mol. The topological polar surface area (TPSA) is 78.7 Å². The molecule has 0 atom stereocenters. The maximum absolute atomic E-state index is 12.1. The number of nitrogens with two attached hydrogens (primary N) is 1. The first-order valence-corrected chi connectivity index (χ1v) is 5.78. The highest BCUT2D eigenvalue weighted by Crippen LogP contribution is 2.22. The van der Waals surface area contributed by atoms with Crippen LogP contribution in [0.15, 0.2) is 6.20 Å². The van der Waals surface area contributed by atoms with E-state index in [9.17, 15) is 4.79 Å². The minimum Gasteiger partial charge on any atom is -0.383 e. The fourth-order valence-electron chi connectivity index (χ4n) is 1.78. The minimum atomic E-state index is -0.120. The molecule has 0 radical (unpaired) electrons. The van der Waals surface area contributed by atoms with Crippen molar-refractivity contribution in [3.63, 3.8) is 0 Å². The van der Waals surface area contributed by atoms with Crippen LogP contribution in [0.4, 0.5) is 5.82 Å². The van der Waals surface area contributed by atoms with E-state index in [2.05, 4.69) is 10.2 Å². The summed E-state index contributed by atoms with van der Waals surface area (Å²) in [4.78, 5) is 12.1. The largest absolute Gasteiger partial charge is 0.383 e. The molecule has 2 heterocycles. The summed E-state index contributed by atoms with van der Waals surface area (Å²) in [6, 6.07) is 0. The molecule has 0 aliphatic rings. The lowest BCUT2D eigenvalue weighted by atomic mass is 10.1. The van der Waals surface area contributed by atoms with Gasteiger partial charge >= 0.3 is 0 Å². The molecule has 18 heavy (non-hydrogen) atoms. The monoisotopic (exact) mass is 267 g/mol. The van der Waals surface area contributed by atoms with Crippen LogP contribution < -0.4 is 5.73 Å². The number of anilines is 1. The zero-order valence-corrected chi connectivity index (χ0v) is 11.2. The molecular weight excluding hydrogens is 254 g/mol. The van der Waals surface area contributed by atoms with Crippen LogP contribution in [0.1, 0.15) is 21.7 Å². The molecule has 0 amide bonds. The lowest BCUT2D eigenvalue weighted by Gasteiger charge is -2.02. The molecule has 0 spiro atoms. The summed E-state index contributed by atoms with van der Waals surface area (Å²) < 4.78 is 3.07. The second kappa shape index (κ2) is 4.45. The number of rotatable bonds is 3. The van der Waals surface area contributed by atoms with Gasteiger partial charge in [-0.05, 0) is 6.92 Å². The molecule has 2 rings (SSSR count). The minimum absolute atomic E-state index is 0.120. The Hall–Kier alpha value is -1.82. The molecule has 0 aliphatic heterocycles. The van der Waals surface area contributed by atoms with Gasteiger partial charge in [-0.2, -0.15) is 10.2 Å². The molecule has 0 fully saturated rings. The van der Waals surface area contributed by atoms with Crippen LogP contribution >= 0.6 is 11.6 Å². The fourth-order valence-corrected chi connectivity index (χ4v) is 2.01. The van der Waals surface area contributed by atoms with Gasteiger partial charge in [0.25, 0.3) is 0 Å². The molecule has 0 unspecified atom stereocenters. The summed E-state index contributed by atoms with van der Waals surface area (Å²) in [7, 11) is 3.45. The van der Waals surface area contributed by atoms with Crippen LogP contribution in [-0.4, -0.2) is 25.3 Å². The Morgan fingerprint density at radius 2 is 2.11 bits per heavy atom. The molecule has 2 aromatic heterocycles. The van der Waals surface area contributed by atoms with Crippen LogP contribution in [0.2, 0.25) is 5.02 Å². The number of carbonyl (C=O) groups excluding carboxylic acids is 1. The van der Waals surface area contributed by atoms with Gasteiger partial charge in [0.15, 0.2) is 5.78 Å². The number of aryl methyl sites for hydroxylation is 3. The van der Waals surface area contributed by atoms with E-state index in [0.29, 0.717) is 27.8 Å². The van der Waals surface area contributed by atoms with Crippen molar-refractivity contribution >= 4 is 23.2 Å². The molecule has 96 valence electrons. The van der Waals surface area contributed by atoms with Crippen LogP contribution in [0, 0.1) is 6.92 Å². The molecule has 0 bridgehead atoms. The first kappa shape index (κ1) is 12.6. The van der Waals surface area contributed by atoms with Crippen molar-refractivity contribution in [2.45, 2.75) is 13.3 Å². The maximum atomic E-state index is 12.1. The smallest absolute Gasteiger partial charge is 0.174 e. The molecule has 2 N–H and O–H groups in total. The summed E-state index contributed by atoms with van der Waals surface area (Å²) in [6.45, 7) is 1.80. The van der Waals surface area contributed by atoms with Crippen LogP contribution in [-0.2, 0) is 20.5 Å². The van der Waals surface area contributed by atoms with E-state index in [0.717, 1.165) is 0 Å². The summed E-state index contributed by atoms with van der Waals surface area (Å²) in [5.74, 6) is 0.237. The Kier molecular flexibility index (Phi) is 3.13. The van der Waals surface area contributed by atoms with Crippen LogP contribution in [0.3, 0.4) is 0 Å². The molecule has 2 aromatic rings. The third-order valence-electron chi connectivity index (χ3n) is 2.87. The lowest BCUT2D eigenvalue weighted by molar-refractivity contribution is 0.0991. The van der Waals surface area contributed by atoms with Crippen molar-refractivity contribution in [1.82, 2.24) is 19.6 Å². The predicted octanol–water partition coefficient (Wildman–Crippen LogP) is 1.12. The zero-order chi connectivity index (χ0) is 13.4. The lowest BCUT2D eigenvalue weighted by Crippen LogP contribution is -2.10. The summed E-state index contributed by atoms with van der Waals surface area (Å²) in [5, 5.41) is 8.63. The van der Waals surface area contributed by atoms with Crippen molar-refractivity contribution < 1.29 is 4.79 Å². The van der Waals surface area contributed by atoms with E-state index in [-0.39, 0.29) is 12.2 Å². The van der Waals surface area contributed by atoms with E-state index in [1.807, 2.05) is 0 Å². The van der Waals surface area contributed by atoms with E-state index in [1.54, 1.807) is 25.7 Å². The number of hydrogen-bond donors (Lipinski definition) is 1. The molecule has 0 aliphatic carbocycles. The normalized spacial score (nSPS) is 10.9. The number of nitrogen functional groups attached to an aromatic ring is 1. The van der Waals surface area contributed by atoms with Gasteiger partial charge < -0.3 is 5.73 Å². The highest BCUT2D eigenvalue weighted by atomic mass is 35.5. The summed E-state index contributed by atoms with van der Waals surface area (Å²) in [5.41, 5.74) is 7.56. The SMILES string of the molecule is Cc1nn(C)c(CC(=O)c2cnn(C)c2N)c1Cl. The fraction of sp³-hybridized carbons (Fsp3) is 0.364. The quantitative estimate of drug-likeness (QED) is 0.846. The van der Waals surface area contributed by atoms with E-state index < -0.39 is 0 Å². The molecule has 0 saturated carbocycles. The van der Waals surface area contributed by atoms with E-state index in [1.165, 1.54) is 10.9 Å². The first-order chi connectivity index (χ1) is 8.41. The van der Waals surface area contributed by atoms with E-state index in [4.69, 9.17) is 17.3 Å². The number of halogens is 1. The third kappa shape index (κ3) is 1.99. The van der Waals surface area contributed by atoms with Gasteiger partial charge in [0.05, 0.1) is 34.6 Å². The summed E-state index contributed by atoms with van der Waals surface area (Å²) >= 11 is 6.10. The number of hydrogen-bond acceptors (Lipinski definition) is 4. The van der Waals surface area contributed by atoms with Gasteiger partial charge in [-0.25, -0.2) is 0 Å². The Morgan fingerprint density at radius 1 is 1.44 bits per heavy atom. The number of carbonyl (C=O) groups is 1. The van der Waals surface area contributed by atoms with Gasteiger partial charge in [-0.3, -0.25) is 14.2 Å². The van der Waals surface area contributed by atoms with Crippen molar-refractivity contribution in [2.75, 3.05) is 5.73 Å². The van der Waals surface area contributed by atoms with Gasteiger partial charge in [0, 0.05) is 14.1 Å². The molecule has 0 aromatic carbocycles. The van der Waals surface area contributed by atoms with Gasteiger partial charge in [0.2, 0.25) is 0 Å². The first-order valence-electron chi connectivity index (χ1n) is 5.40. The highest BCUT2D eigenvalue weighted by Gasteiger charge is 2.19. The van der Waals surface area contributed by atoms with Crippen LogP contribution in [0.25, 0.3) is 0 Å². The standard InChI is InChI=1S/C11H14ClN5O/c1-6-10(12)8(16(2)15-6)4-9(18)7-5-14-17(3)11(7)13/h5H,4,13H2,1-3H3. The van der Waals surface area contributed by atoms with Crippen molar-refractivity contribution in [1.29, 1.82) is 0 Å². The molecule has 7 heteroatoms. The number of nitrogens with zero attached hydrogens (tertiary/aromatic N) is 4. The van der Waals surface area contributed by atoms with Crippen LogP contribution in [0.5, 0.6) is 0 Å².